The molecule has 0 bridgehead atoms. The topological polar surface area (TPSA) is 56.2 Å². The maximum absolute atomic E-state index is 11.5. The van der Waals surface area contributed by atoms with Crippen LogP contribution in [0.1, 0.15) is 24.7 Å². The summed E-state index contributed by atoms with van der Waals surface area (Å²) in [5.74, 6) is 1.09. The van der Waals surface area contributed by atoms with Crippen LogP contribution in [0, 0.1) is 6.92 Å². The second kappa shape index (κ2) is 6.06. The van der Waals surface area contributed by atoms with Crippen molar-refractivity contribution in [2.75, 3.05) is 0 Å². The van der Waals surface area contributed by atoms with Crippen LogP contribution in [0.2, 0.25) is 0 Å². The molecule has 0 aliphatic heterocycles. The normalized spacial score (nSPS) is 11.8. The van der Waals surface area contributed by atoms with E-state index >= 15 is 0 Å². The van der Waals surface area contributed by atoms with Gasteiger partial charge in [0, 0.05) is 10.1 Å². The lowest BCUT2D eigenvalue weighted by atomic mass is 10.0. The molecular formula is C22H17NO3S. The molecule has 0 saturated carbocycles. The van der Waals surface area contributed by atoms with Crippen molar-refractivity contribution in [3.63, 3.8) is 0 Å². The van der Waals surface area contributed by atoms with E-state index in [0.29, 0.717) is 11.1 Å². The Hall–Kier alpha value is -2.92. The van der Waals surface area contributed by atoms with Gasteiger partial charge in [-0.3, -0.25) is 0 Å². The predicted octanol–water partition coefficient (Wildman–Crippen LogP) is 6.08. The first kappa shape index (κ1) is 16.3. The average Bonchev–Trinajstić information content (AvgIpc) is 3.19. The van der Waals surface area contributed by atoms with Crippen molar-refractivity contribution in [3.8, 4) is 10.6 Å². The lowest BCUT2D eigenvalue weighted by Gasteiger charge is -2.09. The Bertz CT molecular complexity index is 1370. The van der Waals surface area contributed by atoms with Crippen molar-refractivity contribution in [3.05, 3.63) is 64.3 Å². The van der Waals surface area contributed by atoms with Gasteiger partial charge in [0.15, 0.2) is 11.3 Å². The van der Waals surface area contributed by atoms with E-state index in [1.807, 2.05) is 25.1 Å². The van der Waals surface area contributed by atoms with Crippen molar-refractivity contribution in [2.45, 2.75) is 26.7 Å². The highest BCUT2D eigenvalue weighted by molar-refractivity contribution is 7.22. The minimum Gasteiger partial charge on any atom is -0.460 e. The summed E-state index contributed by atoms with van der Waals surface area (Å²) in [5.41, 5.74) is 2.39. The molecule has 0 saturated heterocycles. The van der Waals surface area contributed by atoms with Crippen LogP contribution in [0.4, 0.5) is 0 Å². The highest BCUT2D eigenvalue weighted by Gasteiger charge is 2.19. The van der Waals surface area contributed by atoms with Crippen LogP contribution in [-0.4, -0.2) is 4.98 Å². The van der Waals surface area contributed by atoms with Gasteiger partial charge in [-0.2, -0.15) is 4.98 Å². The molecule has 0 radical (unpaired) electrons. The Balaban J connectivity index is 1.89. The first-order chi connectivity index (χ1) is 13.1. The third-order valence-electron chi connectivity index (χ3n) is 4.81. The molecule has 0 aliphatic rings. The lowest BCUT2D eigenvalue weighted by molar-refractivity contribution is 0.538. The van der Waals surface area contributed by atoms with Gasteiger partial charge in [-0.05, 0) is 53.9 Å². The molecule has 4 nitrogen and oxygen atoms in total. The van der Waals surface area contributed by atoms with Gasteiger partial charge in [0.05, 0.1) is 4.88 Å². The first-order valence-electron chi connectivity index (χ1n) is 9.00. The summed E-state index contributed by atoms with van der Waals surface area (Å²) in [7, 11) is 0. The first-order valence-corrected chi connectivity index (χ1v) is 9.81. The molecule has 0 fully saturated rings. The maximum Gasteiger partial charge on any atom is 0.439 e. The van der Waals surface area contributed by atoms with E-state index in [9.17, 15) is 4.79 Å². The minimum absolute atomic E-state index is 0.492. The molecule has 0 aliphatic carbocycles. The summed E-state index contributed by atoms with van der Waals surface area (Å²) in [6.07, 6.45) is 2.04. The van der Waals surface area contributed by atoms with Crippen molar-refractivity contribution in [1.82, 2.24) is 4.98 Å². The molecule has 3 aromatic heterocycles. The van der Waals surface area contributed by atoms with Crippen LogP contribution in [0.15, 0.2) is 56.1 Å². The zero-order chi connectivity index (χ0) is 18.5. The molecule has 5 aromatic rings. The highest BCUT2D eigenvalue weighted by atomic mass is 32.1. The zero-order valence-corrected chi connectivity index (χ0v) is 15.9. The van der Waals surface area contributed by atoms with E-state index < -0.39 is 5.76 Å². The number of nitrogens with zero attached hydrogens (tertiary/aromatic N) is 1. The lowest BCUT2D eigenvalue weighted by Crippen LogP contribution is -1.92. The van der Waals surface area contributed by atoms with Crippen molar-refractivity contribution >= 4 is 43.3 Å². The third kappa shape index (κ3) is 2.58. The Labute approximate surface area is 159 Å². The zero-order valence-electron chi connectivity index (χ0n) is 15.0. The summed E-state index contributed by atoms with van der Waals surface area (Å²) >= 11 is 1.75. The van der Waals surface area contributed by atoms with Gasteiger partial charge in [0.25, 0.3) is 0 Å². The van der Waals surface area contributed by atoms with Crippen molar-refractivity contribution in [1.29, 1.82) is 0 Å². The molecule has 134 valence electrons. The molecule has 27 heavy (non-hydrogen) atoms. The fourth-order valence-corrected chi connectivity index (χ4v) is 4.95. The molecule has 0 N–H and O–H groups in total. The molecule has 5 rings (SSSR count). The second-order valence-electron chi connectivity index (χ2n) is 6.73. The van der Waals surface area contributed by atoms with Crippen LogP contribution >= 0.6 is 11.3 Å². The SMILES string of the molecule is CCCc1c(-c2oc(C)cc3cc4nc(=O)oc4cc23)sc2ccccc12. The van der Waals surface area contributed by atoms with E-state index in [2.05, 4.69) is 36.2 Å². The average molecular weight is 375 g/mol. The fraction of sp³-hybridized carbons (Fsp3) is 0.182. The number of hydrogen-bond donors (Lipinski definition) is 0. The largest absolute Gasteiger partial charge is 0.460 e. The minimum atomic E-state index is -0.566. The predicted molar refractivity (Wildman–Crippen MR) is 110 cm³/mol. The van der Waals surface area contributed by atoms with E-state index in [1.54, 1.807) is 11.3 Å². The number of oxazole rings is 1. The van der Waals surface area contributed by atoms with E-state index in [1.165, 1.54) is 15.6 Å². The molecule has 3 heterocycles. The number of benzene rings is 2. The smallest absolute Gasteiger partial charge is 0.439 e. The summed E-state index contributed by atoms with van der Waals surface area (Å²) in [6, 6.07) is 14.2. The molecule has 5 heteroatoms. The Kier molecular flexibility index (Phi) is 3.65. The van der Waals surface area contributed by atoms with Crippen LogP contribution in [-0.2, 0) is 6.42 Å². The Morgan fingerprint density at radius 1 is 1.07 bits per heavy atom. The van der Waals surface area contributed by atoms with Gasteiger partial charge in [-0.25, -0.2) is 4.79 Å². The Morgan fingerprint density at radius 3 is 2.78 bits per heavy atom. The van der Waals surface area contributed by atoms with Gasteiger partial charge in [0.1, 0.15) is 11.3 Å². The van der Waals surface area contributed by atoms with Crippen LogP contribution < -0.4 is 5.76 Å². The van der Waals surface area contributed by atoms with Gasteiger partial charge in [-0.15, -0.1) is 11.3 Å². The molecule has 2 aromatic carbocycles. The fourth-order valence-electron chi connectivity index (χ4n) is 3.70. The molecular weight excluding hydrogens is 358 g/mol. The highest BCUT2D eigenvalue weighted by Crippen LogP contribution is 2.43. The standard InChI is InChI=1S/C22H17NO3S/c1-3-6-15-14-7-4-5-8-19(14)27-21(15)20-16-11-18-17(23-22(24)26-18)10-13(16)9-12(2)25-20/h4-5,7-11H,3,6H2,1-2H3. The number of rotatable bonds is 3. The molecule has 0 unspecified atom stereocenters. The van der Waals surface area contributed by atoms with Crippen LogP contribution in [0.3, 0.4) is 0 Å². The van der Waals surface area contributed by atoms with Crippen LogP contribution in [0.25, 0.3) is 42.6 Å². The second-order valence-corrected chi connectivity index (χ2v) is 7.78. The molecule has 0 amide bonds. The van der Waals surface area contributed by atoms with Gasteiger partial charge in [0.2, 0.25) is 0 Å². The van der Waals surface area contributed by atoms with E-state index in [-0.39, 0.29) is 0 Å². The maximum atomic E-state index is 11.5. The number of hydrogen-bond acceptors (Lipinski definition) is 5. The summed E-state index contributed by atoms with van der Waals surface area (Å²) in [4.78, 5) is 16.6. The third-order valence-corrected chi connectivity index (χ3v) is 6.02. The van der Waals surface area contributed by atoms with Crippen molar-refractivity contribution < 1.29 is 8.83 Å². The summed E-state index contributed by atoms with van der Waals surface area (Å²) in [5, 5.41) is 3.22. The van der Waals surface area contributed by atoms with Crippen LogP contribution in [0.5, 0.6) is 0 Å². The van der Waals surface area contributed by atoms with Gasteiger partial charge < -0.3 is 8.83 Å². The number of aromatic nitrogens is 1. The molecule has 0 spiro atoms. The van der Waals surface area contributed by atoms with Crippen molar-refractivity contribution in [2.24, 2.45) is 0 Å². The summed E-state index contributed by atoms with van der Waals surface area (Å²) < 4.78 is 12.7. The number of aryl methyl sites for hydroxylation is 2. The number of fused-ring (bicyclic) bond motifs is 3. The Morgan fingerprint density at radius 2 is 1.93 bits per heavy atom. The monoisotopic (exact) mass is 375 g/mol. The quantitative estimate of drug-likeness (QED) is 0.384. The van der Waals surface area contributed by atoms with E-state index in [4.69, 9.17) is 8.83 Å². The van der Waals surface area contributed by atoms with Gasteiger partial charge in [-0.1, -0.05) is 31.5 Å². The summed E-state index contributed by atoms with van der Waals surface area (Å²) in [6.45, 7) is 4.14. The van der Waals surface area contributed by atoms with Gasteiger partial charge >= 0.3 is 5.76 Å². The van der Waals surface area contributed by atoms with E-state index in [0.717, 1.165) is 40.0 Å². The number of thiophene rings is 1. The molecule has 0 atom stereocenters.